The van der Waals surface area contributed by atoms with E-state index in [9.17, 15) is 4.79 Å². The minimum atomic E-state index is 0.0818. The predicted octanol–water partition coefficient (Wildman–Crippen LogP) is 2.68. The van der Waals surface area contributed by atoms with Crippen molar-refractivity contribution in [2.24, 2.45) is 0 Å². The summed E-state index contributed by atoms with van der Waals surface area (Å²) in [6.07, 6.45) is 3.80. The number of nitrogens with zero attached hydrogens (tertiary/aromatic N) is 3. The van der Waals surface area contributed by atoms with E-state index < -0.39 is 0 Å². The molecule has 18 heavy (non-hydrogen) atoms. The lowest BCUT2D eigenvalue weighted by Crippen LogP contribution is -2.06. The summed E-state index contributed by atoms with van der Waals surface area (Å²) in [5.74, 6) is 0. The normalized spacial score (nSPS) is 11.2. The first kappa shape index (κ1) is 11.9. The average molecular weight is 295 g/mol. The van der Waals surface area contributed by atoms with Crippen molar-refractivity contribution in [3.8, 4) is 0 Å². The number of hydrogen-bond donors (Lipinski definition) is 0. The summed E-state index contributed by atoms with van der Waals surface area (Å²) in [4.78, 5) is 11.7. The van der Waals surface area contributed by atoms with Gasteiger partial charge >= 0.3 is 0 Å². The van der Waals surface area contributed by atoms with Gasteiger partial charge in [-0.1, -0.05) is 23.1 Å². The van der Waals surface area contributed by atoms with Crippen LogP contribution in [0, 0.1) is 0 Å². The molecule has 92 valence electrons. The van der Waals surface area contributed by atoms with Gasteiger partial charge in [-0.25, -0.2) is 0 Å². The Kier molecular flexibility index (Phi) is 3.19. The van der Waals surface area contributed by atoms with Crippen molar-refractivity contribution < 1.29 is 0 Å². The van der Waals surface area contributed by atoms with E-state index in [0.29, 0.717) is 6.54 Å². The molecule has 0 bridgehead atoms. The molecule has 0 spiro atoms. The number of rotatable bonds is 3. The van der Waals surface area contributed by atoms with Gasteiger partial charge < -0.3 is 4.57 Å². The van der Waals surface area contributed by atoms with Crippen LogP contribution in [0.2, 0.25) is 0 Å². The quantitative estimate of drug-likeness (QED) is 0.697. The third-order valence-electron chi connectivity index (χ3n) is 2.51. The fourth-order valence-electron chi connectivity index (χ4n) is 1.69. The van der Waals surface area contributed by atoms with Gasteiger partial charge in [0.15, 0.2) is 9.77 Å². The highest BCUT2D eigenvalue weighted by atomic mass is 32.2. The van der Waals surface area contributed by atoms with E-state index in [1.807, 2.05) is 28.5 Å². The summed E-state index contributed by atoms with van der Waals surface area (Å²) >= 11 is 4.66. The molecular formula is C11H9N3OS3. The SMILES string of the molecule is CSc1nnc(Cn2ccc(=O)c3sccc32)s1. The smallest absolute Gasteiger partial charge is 0.199 e. The Balaban J connectivity index is 2.02. The highest BCUT2D eigenvalue weighted by Crippen LogP contribution is 2.22. The molecule has 0 unspecified atom stereocenters. The topological polar surface area (TPSA) is 47.8 Å². The summed E-state index contributed by atoms with van der Waals surface area (Å²) in [5, 5.41) is 11.1. The first-order valence-electron chi connectivity index (χ1n) is 5.21. The van der Waals surface area contributed by atoms with Crippen molar-refractivity contribution in [3.63, 3.8) is 0 Å². The van der Waals surface area contributed by atoms with Crippen molar-refractivity contribution in [1.82, 2.24) is 14.8 Å². The van der Waals surface area contributed by atoms with Gasteiger partial charge in [-0.15, -0.1) is 21.5 Å². The minimum Gasteiger partial charge on any atom is -0.340 e. The van der Waals surface area contributed by atoms with Crippen molar-refractivity contribution in [2.45, 2.75) is 10.9 Å². The number of aromatic nitrogens is 3. The third kappa shape index (κ3) is 2.09. The van der Waals surface area contributed by atoms with Crippen LogP contribution >= 0.6 is 34.4 Å². The van der Waals surface area contributed by atoms with E-state index in [2.05, 4.69) is 10.2 Å². The maximum atomic E-state index is 11.7. The molecule has 0 aliphatic carbocycles. The Morgan fingerprint density at radius 3 is 3.06 bits per heavy atom. The molecule has 0 saturated heterocycles. The Hall–Kier alpha value is -1.18. The van der Waals surface area contributed by atoms with Crippen molar-refractivity contribution >= 4 is 44.7 Å². The molecule has 0 fully saturated rings. The monoisotopic (exact) mass is 295 g/mol. The lowest BCUT2D eigenvalue weighted by atomic mass is 10.3. The molecule has 3 heterocycles. The maximum Gasteiger partial charge on any atom is 0.199 e. The molecule has 0 aliphatic rings. The summed E-state index contributed by atoms with van der Waals surface area (Å²) in [5.41, 5.74) is 1.05. The first-order chi connectivity index (χ1) is 8.78. The van der Waals surface area contributed by atoms with Gasteiger partial charge in [0.05, 0.1) is 16.8 Å². The Morgan fingerprint density at radius 2 is 2.28 bits per heavy atom. The molecule has 0 N–H and O–H groups in total. The number of pyridine rings is 1. The number of thioether (sulfide) groups is 1. The molecule has 0 radical (unpaired) electrons. The third-order valence-corrected chi connectivity index (χ3v) is 5.31. The standard InChI is InChI=1S/C11H9N3OS3/c1-16-11-13-12-9(18-11)6-14-4-2-8(15)10-7(14)3-5-17-10/h2-5H,6H2,1H3. The lowest BCUT2D eigenvalue weighted by Gasteiger charge is -2.04. The highest BCUT2D eigenvalue weighted by Gasteiger charge is 2.07. The largest absolute Gasteiger partial charge is 0.340 e. The van der Waals surface area contributed by atoms with Crippen LogP contribution in [0.4, 0.5) is 0 Å². The zero-order valence-electron chi connectivity index (χ0n) is 9.49. The van der Waals surface area contributed by atoms with E-state index in [4.69, 9.17) is 0 Å². The van der Waals surface area contributed by atoms with Gasteiger partial charge in [-0.05, 0) is 17.7 Å². The second-order valence-corrected chi connectivity index (χ2v) is 6.64. The van der Waals surface area contributed by atoms with Gasteiger partial charge in [-0.3, -0.25) is 4.79 Å². The van der Waals surface area contributed by atoms with E-state index in [1.54, 1.807) is 29.2 Å². The zero-order valence-corrected chi connectivity index (χ0v) is 11.9. The number of hydrogen-bond acceptors (Lipinski definition) is 6. The summed E-state index contributed by atoms with van der Waals surface area (Å²) < 4.78 is 3.80. The van der Waals surface area contributed by atoms with E-state index in [0.717, 1.165) is 19.6 Å². The van der Waals surface area contributed by atoms with Crippen LogP contribution < -0.4 is 5.43 Å². The number of thiophene rings is 1. The summed E-state index contributed by atoms with van der Waals surface area (Å²) in [6.45, 7) is 0.658. The van der Waals surface area contributed by atoms with Crippen LogP contribution in [0.5, 0.6) is 0 Å². The van der Waals surface area contributed by atoms with Crippen LogP contribution in [-0.4, -0.2) is 21.0 Å². The van der Waals surface area contributed by atoms with Crippen LogP contribution in [0.3, 0.4) is 0 Å². The fourth-order valence-corrected chi connectivity index (χ4v) is 3.83. The van der Waals surface area contributed by atoms with Crippen LogP contribution in [0.15, 0.2) is 32.8 Å². The van der Waals surface area contributed by atoms with Crippen LogP contribution in [0.25, 0.3) is 10.2 Å². The molecule has 0 amide bonds. The van der Waals surface area contributed by atoms with E-state index in [1.165, 1.54) is 11.3 Å². The van der Waals surface area contributed by atoms with Gasteiger partial charge in [0.1, 0.15) is 5.01 Å². The van der Waals surface area contributed by atoms with E-state index >= 15 is 0 Å². The lowest BCUT2D eigenvalue weighted by molar-refractivity contribution is 0.797. The molecule has 0 aromatic carbocycles. The summed E-state index contributed by atoms with van der Waals surface area (Å²) in [7, 11) is 0. The van der Waals surface area contributed by atoms with Gasteiger partial charge in [0.25, 0.3) is 0 Å². The predicted molar refractivity (Wildman–Crippen MR) is 76.9 cm³/mol. The highest BCUT2D eigenvalue weighted by molar-refractivity contribution is 8.00. The van der Waals surface area contributed by atoms with Gasteiger partial charge in [0.2, 0.25) is 0 Å². The molecule has 4 nitrogen and oxygen atoms in total. The second-order valence-electron chi connectivity index (χ2n) is 3.61. The molecule has 3 aromatic rings. The Labute approximate surface area is 115 Å². The Bertz CT molecular complexity index is 743. The molecule has 0 aliphatic heterocycles. The molecule has 0 atom stereocenters. The van der Waals surface area contributed by atoms with E-state index in [-0.39, 0.29) is 5.43 Å². The van der Waals surface area contributed by atoms with Crippen molar-refractivity contribution in [3.05, 3.63) is 38.9 Å². The first-order valence-corrected chi connectivity index (χ1v) is 8.13. The van der Waals surface area contributed by atoms with Crippen LogP contribution in [-0.2, 0) is 6.54 Å². The molecule has 3 aromatic heterocycles. The maximum absolute atomic E-state index is 11.7. The molecular weight excluding hydrogens is 286 g/mol. The van der Waals surface area contributed by atoms with Crippen LogP contribution in [0.1, 0.15) is 5.01 Å². The molecule has 0 saturated carbocycles. The Morgan fingerprint density at radius 1 is 1.39 bits per heavy atom. The van der Waals surface area contributed by atoms with Gasteiger partial charge in [-0.2, -0.15) is 0 Å². The fraction of sp³-hybridized carbons (Fsp3) is 0.182. The minimum absolute atomic E-state index is 0.0818. The number of fused-ring (bicyclic) bond motifs is 1. The van der Waals surface area contributed by atoms with Gasteiger partial charge in [0, 0.05) is 12.3 Å². The second kappa shape index (κ2) is 4.83. The van der Waals surface area contributed by atoms with Crippen molar-refractivity contribution in [2.75, 3.05) is 6.26 Å². The summed E-state index contributed by atoms with van der Waals surface area (Å²) in [6, 6.07) is 3.58. The van der Waals surface area contributed by atoms with Crippen molar-refractivity contribution in [1.29, 1.82) is 0 Å². The molecule has 7 heteroatoms. The zero-order chi connectivity index (χ0) is 12.5. The average Bonchev–Trinajstić information content (AvgIpc) is 3.01. The molecule has 3 rings (SSSR count).